The minimum Gasteiger partial charge on any atom is -0.394 e. The molecule has 0 unspecified atom stereocenters. The number of aliphatic hydroxyl groups is 1. The summed E-state index contributed by atoms with van der Waals surface area (Å²) in [5.41, 5.74) is 1.34. The summed E-state index contributed by atoms with van der Waals surface area (Å²) in [4.78, 5) is 4.55. The number of aliphatic hydroxyl groups excluding tert-OH is 1. The Kier molecular flexibility index (Phi) is 5.04. The van der Waals surface area contributed by atoms with Crippen molar-refractivity contribution in [2.45, 2.75) is 25.9 Å². The predicted molar refractivity (Wildman–Crippen MR) is 85.6 cm³/mol. The number of hydrogen-bond donors (Lipinski definition) is 2. The minimum atomic E-state index is -0.320. The zero-order valence-electron chi connectivity index (χ0n) is 11.3. The molecule has 0 radical (unpaired) electrons. The van der Waals surface area contributed by atoms with Gasteiger partial charge in [0.15, 0.2) is 0 Å². The first kappa shape index (κ1) is 15.7. The Morgan fingerprint density at radius 2 is 2.10 bits per heavy atom. The molecule has 2 N–H and O–H groups in total. The second kappa shape index (κ2) is 6.41. The van der Waals surface area contributed by atoms with E-state index >= 15 is 0 Å². The van der Waals surface area contributed by atoms with Gasteiger partial charge in [-0.1, -0.05) is 23.2 Å². The smallest absolute Gasteiger partial charge is 0.107 e. The molecule has 0 amide bonds. The topological polar surface area (TPSA) is 45.1 Å². The molecular weight excluding hydrogens is 315 g/mol. The fourth-order valence-corrected chi connectivity index (χ4v) is 2.70. The largest absolute Gasteiger partial charge is 0.394 e. The Morgan fingerprint density at radius 1 is 1.35 bits per heavy atom. The highest BCUT2D eigenvalue weighted by Crippen LogP contribution is 2.31. The van der Waals surface area contributed by atoms with Crippen LogP contribution in [0.25, 0.3) is 11.3 Å². The van der Waals surface area contributed by atoms with Gasteiger partial charge in [0, 0.05) is 28.0 Å². The first-order chi connectivity index (χ1) is 9.41. The molecule has 2 rings (SSSR count). The third kappa shape index (κ3) is 3.93. The molecule has 0 aliphatic rings. The lowest BCUT2D eigenvalue weighted by Gasteiger charge is -2.22. The van der Waals surface area contributed by atoms with E-state index in [4.69, 9.17) is 23.2 Å². The zero-order chi connectivity index (χ0) is 14.8. The maximum Gasteiger partial charge on any atom is 0.107 e. The molecule has 0 aliphatic heterocycles. The molecule has 3 nitrogen and oxygen atoms in total. The SMILES string of the molecule is CC(C)(CO)NCc1nc(-c2cc(Cl)ccc2Cl)cs1. The van der Waals surface area contributed by atoms with E-state index in [1.165, 1.54) is 0 Å². The van der Waals surface area contributed by atoms with Gasteiger partial charge in [-0.15, -0.1) is 11.3 Å². The van der Waals surface area contributed by atoms with Crippen LogP contribution in [-0.2, 0) is 6.54 Å². The molecule has 1 aromatic heterocycles. The molecular formula is C14H16Cl2N2OS. The Labute approximate surface area is 132 Å². The molecule has 0 spiro atoms. The summed E-state index contributed by atoms with van der Waals surface area (Å²) in [6.45, 7) is 4.56. The van der Waals surface area contributed by atoms with E-state index < -0.39 is 0 Å². The minimum absolute atomic E-state index is 0.0748. The van der Waals surface area contributed by atoms with Gasteiger partial charge < -0.3 is 10.4 Å². The van der Waals surface area contributed by atoms with E-state index in [-0.39, 0.29) is 12.1 Å². The Bertz CT molecular complexity index is 599. The van der Waals surface area contributed by atoms with E-state index in [2.05, 4.69) is 10.3 Å². The van der Waals surface area contributed by atoms with Gasteiger partial charge in [0.05, 0.1) is 17.3 Å². The van der Waals surface area contributed by atoms with Crippen molar-refractivity contribution in [3.8, 4) is 11.3 Å². The van der Waals surface area contributed by atoms with Crippen LogP contribution in [0.5, 0.6) is 0 Å². The van der Waals surface area contributed by atoms with E-state index in [1.54, 1.807) is 23.5 Å². The summed E-state index contributed by atoms with van der Waals surface area (Å²) in [5, 5.41) is 16.6. The van der Waals surface area contributed by atoms with Crippen molar-refractivity contribution in [2.24, 2.45) is 0 Å². The Hall–Kier alpha value is -0.650. The number of benzene rings is 1. The maximum atomic E-state index is 9.21. The van der Waals surface area contributed by atoms with Crippen molar-refractivity contribution >= 4 is 34.5 Å². The van der Waals surface area contributed by atoms with Crippen LogP contribution in [0, 0.1) is 0 Å². The standard InChI is InChI=1S/C14H16Cl2N2OS/c1-14(2,8-19)17-6-13-18-12(7-20-13)10-5-9(15)3-4-11(10)16/h3-5,7,17,19H,6,8H2,1-2H3. The highest BCUT2D eigenvalue weighted by atomic mass is 35.5. The molecule has 2 aromatic rings. The predicted octanol–water partition coefficient (Wildman–Crippen LogP) is 3.98. The van der Waals surface area contributed by atoms with Crippen LogP contribution in [-0.4, -0.2) is 22.2 Å². The first-order valence-electron chi connectivity index (χ1n) is 6.17. The summed E-state index contributed by atoms with van der Waals surface area (Å²) in [7, 11) is 0. The lowest BCUT2D eigenvalue weighted by Crippen LogP contribution is -2.42. The molecule has 0 fully saturated rings. The lowest BCUT2D eigenvalue weighted by molar-refractivity contribution is 0.187. The number of hydrogen-bond acceptors (Lipinski definition) is 4. The van der Waals surface area contributed by atoms with Crippen LogP contribution in [0.4, 0.5) is 0 Å². The van der Waals surface area contributed by atoms with E-state index in [0.29, 0.717) is 16.6 Å². The number of aromatic nitrogens is 1. The summed E-state index contributed by atoms with van der Waals surface area (Å²) < 4.78 is 0. The molecule has 0 bridgehead atoms. The quantitative estimate of drug-likeness (QED) is 0.871. The third-order valence-electron chi connectivity index (χ3n) is 2.87. The van der Waals surface area contributed by atoms with Gasteiger partial charge in [0.25, 0.3) is 0 Å². The average molecular weight is 331 g/mol. The molecule has 1 aromatic carbocycles. The molecule has 0 aliphatic carbocycles. The monoisotopic (exact) mass is 330 g/mol. The van der Waals surface area contributed by atoms with E-state index in [1.807, 2.05) is 25.3 Å². The Morgan fingerprint density at radius 3 is 2.80 bits per heavy atom. The highest BCUT2D eigenvalue weighted by Gasteiger charge is 2.16. The maximum absolute atomic E-state index is 9.21. The van der Waals surface area contributed by atoms with Gasteiger partial charge in [0.1, 0.15) is 5.01 Å². The van der Waals surface area contributed by atoms with Gasteiger partial charge in [-0.05, 0) is 32.0 Å². The molecule has 0 saturated heterocycles. The number of thiazole rings is 1. The number of rotatable bonds is 5. The van der Waals surface area contributed by atoms with Gasteiger partial charge in [0.2, 0.25) is 0 Å². The van der Waals surface area contributed by atoms with Crippen LogP contribution in [0.2, 0.25) is 10.0 Å². The number of nitrogens with one attached hydrogen (secondary N) is 1. The van der Waals surface area contributed by atoms with Crippen LogP contribution in [0.15, 0.2) is 23.6 Å². The van der Waals surface area contributed by atoms with Gasteiger partial charge in [-0.25, -0.2) is 4.98 Å². The third-order valence-corrected chi connectivity index (χ3v) is 4.28. The number of nitrogens with zero attached hydrogens (tertiary/aromatic N) is 1. The van der Waals surface area contributed by atoms with Gasteiger partial charge in [-0.3, -0.25) is 0 Å². The van der Waals surface area contributed by atoms with Gasteiger partial charge in [-0.2, -0.15) is 0 Å². The van der Waals surface area contributed by atoms with Gasteiger partial charge >= 0.3 is 0 Å². The molecule has 108 valence electrons. The summed E-state index contributed by atoms with van der Waals surface area (Å²) >= 11 is 13.7. The van der Waals surface area contributed by atoms with E-state index in [9.17, 15) is 5.11 Å². The Balaban J connectivity index is 2.15. The van der Waals surface area contributed by atoms with Crippen molar-refractivity contribution in [1.29, 1.82) is 0 Å². The average Bonchev–Trinajstić information content (AvgIpc) is 2.88. The lowest BCUT2D eigenvalue weighted by atomic mass is 10.1. The van der Waals surface area contributed by atoms with Crippen LogP contribution < -0.4 is 5.32 Å². The van der Waals surface area contributed by atoms with Crippen LogP contribution in [0.1, 0.15) is 18.9 Å². The van der Waals surface area contributed by atoms with Crippen molar-refractivity contribution in [2.75, 3.05) is 6.61 Å². The first-order valence-corrected chi connectivity index (χ1v) is 7.80. The van der Waals surface area contributed by atoms with Crippen molar-refractivity contribution in [1.82, 2.24) is 10.3 Å². The molecule has 0 atom stereocenters. The summed E-state index contributed by atoms with van der Waals surface area (Å²) in [5.74, 6) is 0. The summed E-state index contributed by atoms with van der Waals surface area (Å²) in [6.07, 6.45) is 0. The fourth-order valence-electron chi connectivity index (χ4n) is 1.58. The number of halogens is 2. The highest BCUT2D eigenvalue weighted by molar-refractivity contribution is 7.09. The van der Waals surface area contributed by atoms with Crippen molar-refractivity contribution < 1.29 is 5.11 Å². The second-order valence-electron chi connectivity index (χ2n) is 5.15. The van der Waals surface area contributed by atoms with Crippen molar-refractivity contribution in [3.63, 3.8) is 0 Å². The molecule has 1 heterocycles. The zero-order valence-corrected chi connectivity index (χ0v) is 13.6. The summed E-state index contributed by atoms with van der Waals surface area (Å²) in [6, 6.07) is 5.34. The van der Waals surface area contributed by atoms with Crippen LogP contribution >= 0.6 is 34.5 Å². The van der Waals surface area contributed by atoms with Crippen LogP contribution in [0.3, 0.4) is 0 Å². The normalized spacial score (nSPS) is 11.8. The van der Waals surface area contributed by atoms with E-state index in [0.717, 1.165) is 16.3 Å². The van der Waals surface area contributed by atoms with Crippen molar-refractivity contribution in [3.05, 3.63) is 38.6 Å². The molecule has 0 saturated carbocycles. The second-order valence-corrected chi connectivity index (χ2v) is 6.93. The molecule has 6 heteroatoms. The fraction of sp³-hybridized carbons (Fsp3) is 0.357. The molecule has 20 heavy (non-hydrogen) atoms.